The Morgan fingerprint density at radius 1 is 1.25 bits per heavy atom. The maximum atomic E-state index is 12.5. The van der Waals surface area contributed by atoms with Gasteiger partial charge in [0.2, 0.25) is 11.8 Å². The zero-order chi connectivity index (χ0) is 20.1. The van der Waals surface area contributed by atoms with E-state index >= 15 is 0 Å². The Labute approximate surface area is 172 Å². The summed E-state index contributed by atoms with van der Waals surface area (Å²) >= 11 is 6.96. The van der Waals surface area contributed by atoms with Crippen molar-refractivity contribution in [1.82, 2.24) is 5.32 Å². The lowest BCUT2D eigenvalue weighted by Gasteiger charge is -2.43. The lowest BCUT2D eigenvalue weighted by atomic mass is 9.61. The van der Waals surface area contributed by atoms with Gasteiger partial charge in [-0.15, -0.1) is 0 Å². The van der Waals surface area contributed by atoms with E-state index in [0.29, 0.717) is 34.2 Å². The number of thioether (sulfide) groups is 1. The van der Waals surface area contributed by atoms with Gasteiger partial charge in [-0.05, 0) is 37.1 Å². The van der Waals surface area contributed by atoms with Gasteiger partial charge in [0.05, 0.1) is 28.5 Å². The van der Waals surface area contributed by atoms with Crippen molar-refractivity contribution in [2.24, 2.45) is 11.3 Å². The molecule has 1 atom stereocenters. The van der Waals surface area contributed by atoms with Gasteiger partial charge in [0, 0.05) is 16.1 Å². The van der Waals surface area contributed by atoms with E-state index in [4.69, 9.17) is 11.6 Å². The second-order valence-electron chi connectivity index (χ2n) is 6.93. The van der Waals surface area contributed by atoms with Gasteiger partial charge >= 0.3 is 0 Å². The van der Waals surface area contributed by atoms with Crippen LogP contribution in [0.3, 0.4) is 0 Å². The molecule has 1 saturated carbocycles. The molecule has 2 aliphatic rings. The highest BCUT2D eigenvalue weighted by Crippen LogP contribution is 2.51. The molecule has 6 nitrogen and oxygen atoms in total. The normalized spacial score (nSPS) is 20.8. The number of rotatable bonds is 4. The number of amides is 2. The number of nitriles is 2. The first kappa shape index (κ1) is 20.3. The number of carbonyl (C=O) groups excluding carboxylic acids is 2. The molecular weight excluding hydrogens is 396 g/mol. The van der Waals surface area contributed by atoms with Crippen LogP contribution in [-0.4, -0.2) is 17.6 Å². The van der Waals surface area contributed by atoms with Crippen LogP contribution in [0.1, 0.15) is 32.1 Å². The van der Waals surface area contributed by atoms with Gasteiger partial charge in [0.15, 0.2) is 0 Å². The van der Waals surface area contributed by atoms with Gasteiger partial charge < -0.3 is 10.6 Å². The second-order valence-corrected chi connectivity index (χ2v) is 8.35. The van der Waals surface area contributed by atoms with Crippen LogP contribution in [0, 0.1) is 34.0 Å². The Kier molecular flexibility index (Phi) is 6.28. The van der Waals surface area contributed by atoms with Crippen molar-refractivity contribution in [2.75, 3.05) is 11.1 Å². The first-order valence-electron chi connectivity index (χ1n) is 9.04. The molecule has 0 bridgehead atoms. The third-order valence-corrected chi connectivity index (χ3v) is 6.49. The van der Waals surface area contributed by atoms with Gasteiger partial charge in [0.25, 0.3) is 0 Å². The number of nitrogens with one attached hydrogen (secondary N) is 2. The molecule has 1 aliphatic heterocycles. The van der Waals surface area contributed by atoms with Crippen LogP contribution in [0.5, 0.6) is 0 Å². The van der Waals surface area contributed by atoms with E-state index in [1.807, 2.05) is 0 Å². The van der Waals surface area contributed by atoms with E-state index in [9.17, 15) is 20.1 Å². The fraction of sp³-hybridized carbons (Fsp3) is 0.400. The largest absolute Gasteiger partial charge is 0.325 e. The van der Waals surface area contributed by atoms with Crippen LogP contribution in [0.25, 0.3) is 0 Å². The number of carbonyl (C=O) groups is 2. The molecule has 1 aromatic rings. The number of allylic oxidation sites excluding steroid dienone is 1. The van der Waals surface area contributed by atoms with Crippen molar-refractivity contribution < 1.29 is 9.59 Å². The highest BCUT2D eigenvalue weighted by molar-refractivity contribution is 8.03. The number of halogens is 1. The molecule has 1 spiro atoms. The third kappa shape index (κ3) is 4.01. The van der Waals surface area contributed by atoms with E-state index < -0.39 is 11.3 Å². The zero-order valence-corrected chi connectivity index (χ0v) is 16.7. The molecule has 1 aromatic carbocycles. The van der Waals surface area contributed by atoms with Crippen molar-refractivity contribution in [3.05, 3.63) is 39.9 Å². The van der Waals surface area contributed by atoms with Gasteiger partial charge in [-0.25, -0.2) is 0 Å². The summed E-state index contributed by atoms with van der Waals surface area (Å²) in [7, 11) is 0. The van der Waals surface area contributed by atoms with Crippen LogP contribution in [0.2, 0.25) is 5.02 Å². The SMILES string of the molecule is N#CC1=C(SCC(=O)Nc2ccc(Cl)cc2)NC(=O)C(C#N)C12CCCCC2. The summed E-state index contributed by atoms with van der Waals surface area (Å²) in [5.74, 6) is -1.47. The average Bonchev–Trinajstić information content (AvgIpc) is 2.69. The van der Waals surface area contributed by atoms with E-state index in [1.54, 1.807) is 24.3 Å². The quantitative estimate of drug-likeness (QED) is 0.775. The van der Waals surface area contributed by atoms with Gasteiger partial charge in [-0.1, -0.05) is 42.6 Å². The molecule has 1 unspecified atom stereocenters. The fourth-order valence-corrected chi connectivity index (χ4v) is 4.95. The molecule has 1 heterocycles. The average molecular weight is 415 g/mol. The summed E-state index contributed by atoms with van der Waals surface area (Å²) in [4.78, 5) is 24.8. The summed E-state index contributed by atoms with van der Waals surface area (Å²) in [6, 6.07) is 11.1. The fourth-order valence-electron chi connectivity index (χ4n) is 3.91. The molecule has 1 aliphatic carbocycles. The minimum absolute atomic E-state index is 0.0384. The molecule has 0 radical (unpaired) electrons. The van der Waals surface area contributed by atoms with Gasteiger partial charge in [0.1, 0.15) is 5.92 Å². The van der Waals surface area contributed by atoms with E-state index in [1.165, 1.54) is 0 Å². The van der Waals surface area contributed by atoms with Gasteiger partial charge in [-0.3, -0.25) is 9.59 Å². The van der Waals surface area contributed by atoms with Crippen LogP contribution >= 0.6 is 23.4 Å². The van der Waals surface area contributed by atoms with Crippen LogP contribution in [0.15, 0.2) is 34.9 Å². The Morgan fingerprint density at radius 2 is 1.93 bits per heavy atom. The van der Waals surface area contributed by atoms with Crippen molar-refractivity contribution in [1.29, 1.82) is 10.5 Å². The molecule has 1 fully saturated rings. The standard InChI is InChI=1S/C20H19ClN4O2S/c21-13-4-6-14(7-5-13)24-17(26)12-28-19-16(11-23)20(8-2-1-3-9-20)15(10-22)18(27)25-19/h4-7,15H,1-3,8-9,12H2,(H,24,26)(H,25,27). The molecule has 144 valence electrons. The summed E-state index contributed by atoms with van der Waals surface area (Å²) in [5.41, 5.74) is 0.312. The molecule has 2 amide bonds. The number of hydrogen-bond donors (Lipinski definition) is 2. The van der Waals surface area contributed by atoms with E-state index in [-0.39, 0.29) is 17.6 Å². The predicted octanol–water partition coefficient (Wildman–Crippen LogP) is 3.97. The Hall–Kier alpha value is -2.48. The van der Waals surface area contributed by atoms with Crippen molar-refractivity contribution >= 4 is 40.9 Å². The maximum Gasteiger partial charge on any atom is 0.243 e. The molecule has 0 saturated heterocycles. The maximum absolute atomic E-state index is 12.5. The summed E-state index contributed by atoms with van der Waals surface area (Å²) < 4.78 is 0. The molecule has 2 N–H and O–H groups in total. The molecule has 0 aromatic heterocycles. The number of benzene rings is 1. The zero-order valence-electron chi connectivity index (χ0n) is 15.1. The highest BCUT2D eigenvalue weighted by atomic mass is 35.5. The first-order chi connectivity index (χ1) is 13.5. The minimum atomic E-state index is -0.866. The Balaban J connectivity index is 1.78. The number of hydrogen-bond acceptors (Lipinski definition) is 5. The summed E-state index contributed by atoms with van der Waals surface area (Å²) in [5, 5.41) is 25.8. The van der Waals surface area contributed by atoms with Crippen molar-refractivity contribution in [3.63, 3.8) is 0 Å². The summed E-state index contributed by atoms with van der Waals surface area (Å²) in [6.45, 7) is 0. The smallest absolute Gasteiger partial charge is 0.243 e. The Morgan fingerprint density at radius 3 is 2.54 bits per heavy atom. The highest BCUT2D eigenvalue weighted by Gasteiger charge is 2.51. The lowest BCUT2D eigenvalue weighted by molar-refractivity contribution is -0.126. The van der Waals surface area contributed by atoms with Crippen molar-refractivity contribution in [2.45, 2.75) is 32.1 Å². The van der Waals surface area contributed by atoms with Crippen molar-refractivity contribution in [3.8, 4) is 12.1 Å². The second kappa shape index (κ2) is 8.68. The summed E-state index contributed by atoms with van der Waals surface area (Å²) in [6.07, 6.45) is 4.08. The topological polar surface area (TPSA) is 106 Å². The predicted molar refractivity (Wildman–Crippen MR) is 108 cm³/mol. The molecule has 28 heavy (non-hydrogen) atoms. The molecule has 3 rings (SSSR count). The van der Waals surface area contributed by atoms with Crippen LogP contribution < -0.4 is 10.6 Å². The number of anilines is 1. The first-order valence-corrected chi connectivity index (χ1v) is 10.4. The third-order valence-electron chi connectivity index (χ3n) is 5.24. The number of nitrogens with zero attached hydrogens (tertiary/aromatic N) is 2. The monoisotopic (exact) mass is 414 g/mol. The van der Waals surface area contributed by atoms with Gasteiger partial charge in [-0.2, -0.15) is 10.5 Å². The minimum Gasteiger partial charge on any atom is -0.325 e. The van der Waals surface area contributed by atoms with Crippen LogP contribution in [-0.2, 0) is 9.59 Å². The Bertz CT molecular complexity index is 892. The molecular formula is C20H19ClN4O2S. The van der Waals surface area contributed by atoms with E-state index in [0.717, 1.165) is 31.0 Å². The van der Waals surface area contributed by atoms with E-state index in [2.05, 4.69) is 22.8 Å². The molecule has 8 heteroatoms. The lowest BCUT2D eigenvalue weighted by Crippen LogP contribution is -2.48. The van der Waals surface area contributed by atoms with Crippen LogP contribution in [0.4, 0.5) is 5.69 Å².